The van der Waals surface area contributed by atoms with Crippen LogP contribution in [-0.4, -0.2) is 94.8 Å². The summed E-state index contributed by atoms with van der Waals surface area (Å²) in [4.78, 5) is 31.7. The second kappa shape index (κ2) is 16.8. The highest BCUT2D eigenvalue weighted by molar-refractivity contribution is 6.03. The van der Waals surface area contributed by atoms with Crippen LogP contribution in [0.15, 0.2) is 79.1 Å². The molecule has 0 radical (unpaired) electrons. The summed E-state index contributed by atoms with van der Waals surface area (Å²) < 4.78 is 19.2. The summed E-state index contributed by atoms with van der Waals surface area (Å²) in [5.74, 6) is -0.720. The molecule has 1 amide bonds. The van der Waals surface area contributed by atoms with Gasteiger partial charge >= 0.3 is 5.97 Å². The Morgan fingerprint density at radius 2 is 1.52 bits per heavy atom. The van der Waals surface area contributed by atoms with Gasteiger partial charge in [-0.1, -0.05) is 48.5 Å². The van der Waals surface area contributed by atoms with Gasteiger partial charge in [0.15, 0.2) is 0 Å². The summed E-state index contributed by atoms with van der Waals surface area (Å²) in [6, 6.07) is 20.3. The normalized spacial score (nSPS) is 18.4. The van der Waals surface area contributed by atoms with Crippen LogP contribution in [0.4, 0.5) is 10.1 Å². The number of aryl methyl sites for hydroxylation is 3. The van der Waals surface area contributed by atoms with Crippen LogP contribution in [0.5, 0.6) is 0 Å². The van der Waals surface area contributed by atoms with Crippen LogP contribution in [0.25, 0.3) is 0 Å². The lowest BCUT2D eigenvalue weighted by molar-refractivity contribution is -0.212. The molecule has 1 aromatic heterocycles. The molecular formula is C38H45FN4O9. The van der Waals surface area contributed by atoms with Gasteiger partial charge in [0.1, 0.15) is 41.4 Å². The summed E-state index contributed by atoms with van der Waals surface area (Å²) >= 11 is 0. The van der Waals surface area contributed by atoms with Crippen molar-refractivity contribution < 1.29 is 49.4 Å². The van der Waals surface area contributed by atoms with Crippen LogP contribution >= 0.6 is 0 Å². The van der Waals surface area contributed by atoms with Gasteiger partial charge in [-0.05, 0) is 78.6 Å². The smallest absolute Gasteiger partial charge is 0.303 e. The maximum absolute atomic E-state index is 13.9. The highest BCUT2D eigenvalue weighted by atomic mass is 19.1. The number of esters is 1. The number of aliphatic hydroxyl groups is 6. The van der Waals surface area contributed by atoms with Gasteiger partial charge < -0.3 is 40.3 Å². The molecule has 0 spiro atoms. The number of nitrogens with zero attached hydrogens (tertiary/aromatic N) is 3. The number of hydrogen-bond donors (Lipinski definition) is 7. The van der Waals surface area contributed by atoms with Gasteiger partial charge in [0.2, 0.25) is 5.91 Å². The Labute approximate surface area is 300 Å². The van der Waals surface area contributed by atoms with Crippen LogP contribution in [0, 0.1) is 11.7 Å². The van der Waals surface area contributed by atoms with E-state index in [2.05, 4.69) is 15.2 Å². The fourth-order valence-electron chi connectivity index (χ4n) is 6.71. The number of β-lactam (4-membered cyclic amide) rings is 1. The van der Waals surface area contributed by atoms with Crippen LogP contribution in [0.3, 0.4) is 0 Å². The first-order chi connectivity index (χ1) is 24.9. The number of benzene rings is 3. The second-order valence-corrected chi connectivity index (χ2v) is 13.4. The third-order valence-electron chi connectivity index (χ3n) is 9.84. The third-order valence-corrected chi connectivity index (χ3v) is 9.84. The quantitative estimate of drug-likeness (QED) is 0.0586. The first-order valence-corrected chi connectivity index (χ1v) is 17.1. The number of ether oxygens (including phenoxy) is 1. The number of carbonyl (C=O) groups is 2. The topological polar surface area (TPSA) is 210 Å². The molecule has 1 aliphatic heterocycles. The minimum atomic E-state index is -2.42. The SMILES string of the molecule is CC(=O)O[C@@H](CC[C@H]1C(=O)N(c2ccc(CCc3ncn[nH]3)cc2)[C@@H]1c1ccc(CC[C@](O)(CO)[C@H](O)C(O)(CO)CO)cc1)c1ccc(F)cc1. The van der Waals surface area contributed by atoms with Gasteiger partial charge in [0.05, 0.1) is 31.8 Å². The Kier molecular flexibility index (Phi) is 12.5. The Morgan fingerprint density at radius 3 is 2.10 bits per heavy atom. The molecule has 278 valence electrons. The molecule has 52 heavy (non-hydrogen) atoms. The average Bonchev–Trinajstić information content (AvgIpc) is 3.69. The molecular weight excluding hydrogens is 675 g/mol. The predicted octanol–water partition coefficient (Wildman–Crippen LogP) is 2.25. The number of hydrogen-bond acceptors (Lipinski definition) is 11. The van der Waals surface area contributed by atoms with E-state index < -0.39 is 60.9 Å². The summed E-state index contributed by atoms with van der Waals surface area (Å²) in [5, 5.41) is 67.4. The van der Waals surface area contributed by atoms with Crippen molar-refractivity contribution >= 4 is 17.6 Å². The molecule has 0 unspecified atom stereocenters. The van der Waals surface area contributed by atoms with Crippen LogP contribution in [0.2, 0.25) is 0 Å². The fraction of sp³-hybridized carbons (Fsp3) is 0.421. The molecule has 5 rings (SSSR count). The fourth-order valence-corrected chi connectivity index (χ4v) is 6.71. The molecule has 1 saturated heterocycles. The minimum Gasteiger partial charge on any atom is -0.458 e. The number of halogens is 1. The highest BCUT2D eigenvalue weighted by Gasteiger charge is 2.49. The summed E-state index contributed by atoms with van der Waals surface area (Å²) in [6.07, 6.45) is 0.793. The van der Waals surface area contributed by atoms with Crippen molar-refractivity contribution in [1.29, 1.82) is 0 Å². The zero-order valence-electron chi connectivity index (χ0n) is 28.8. The minimum absolute atomic E-state index is 0.105. The largest absolute Gasteiger partial charge is 0.458 e. The molecule has 7 N–H and O–H groups in total. The number of aromatic amines is 1. The summed E-state index contributed by atoms with van der Waals surface area (Å²) in [7, 11) is 0. The van der Waals surface area contributed by atoms with Crippen molar-refractivity contribution in [2.45, 2.75) is 74.9 Å². The number of nitrogens with one attached hydrogen (secondary N) is 1. The van der Waals surface area contributed by atoms with E-state index in [1.54, 1.807) is 29.2 Å². The number of amides is 1. The van der Waals surface area contributed by atoms with E-state index in [4.69, 9.17) is 4.74 Å². The first-order valence-electron chi connectivity index (χ1n) is 17.1. The molecule has 1 fully saturated rings. The third kappa shape index (κ3) is 8.72. The lowest BCUT2D eigenvalue weighted by Gasteiger charge is -2.48. The lowest BCUT2D eigenvalue weighted by atomic mass is 9.77. The summed E-state index contributed by atoms with van der Waals surface area (Å²) in [6.45, 7) is -1.69. The van der Waals surface area contributed by atoms with Gasteiger partial charge in [0, 0.05) is 19.0 Å². The van der Waals surface area contributed by atoms with Crippen molar-refractivity contribution in [2.75, 3.05) is 24.7 Å². The van der Waals surface area contributed by atoms with Gasteiger partial charge in [-0.2, -0.15) is 5.10 Å². The number of aromatic nitrogens is 3. The van der Waals surface area contributed by atoms with Gasteiger partial charge in [-0.15, -0.1) is 0 Å². The van der Waals surface area contributed by atoms with E-state index in [1.165, 1.54) is 25.4 Å². The number of carbonyl (C=O) groups excluding carboxylic acids is 2. The van der Waals surface area contributed by atoms with Crippen molar-refractivity contribution in [3.63, 3.8) is 0 Å². The number of anilines is 1. The molecule has 14 heteroatoms. The van der Waals surface area contributed by atoms with Gasteiger partial charge in [-0.3, -0.25) is 14.7 Å². The van der Waals surface area contributed by atoms with Gasteiger partial charge in [0.25, 0.3) is 0 Å². The van der Waals surface area contributed by atoms with Crippen molar-refractivity contribution in [2.24, 2.45) is 5.92 Å². The number of rotatable bonds is 18. The zero-order chi connectivity index (χ0) is 37.5. The molecule has 5 atom stereocenters. The number of aliphatic hydroxyl groups excluding tert-OH is 4. The lowest BCUT2D eigenvalue weighted by Crippen LogP contribution is -2.62. The molecule has 2 heterocycles. The standard InChI is InChI=1S/C38H45FN4O9/c1-24(47)52-32(27-9-11-29(39)12-10-27)16-15-31-34(43(35(31)48)30-13-4-25(5-14-30)6-17-33-40-23-41-42-33)28-7-2-26(3-8-28)18-19-37(50,20-44)36(49)38(51,21-45)22-46/h2-5,7-14,23,31-32,34,36,44-46,49-51H,6,15-22H2,1H3,(H,40,41,42)/t31-,32+,34-,36+,37+/m1/s1. The Bertz CT molecular complexity index is 1750. The molecule has 4 aromatic rings. The number of H-pyrrole nitrogens is 1. The van der Waals surface area contributed by atoms with Crippen molar-refractivity contribution in [1.82, 2.24) is 15.2 Å². The zero-order valence-corrected chi connectivity index (χ0v) is 28.8. The first kappa shape index (κ1) is 38.7. The van der Waals surface area contributed by atoms with Crippen LogP contribution in [-0.2, 0) is 33.6 Å². The van der Waals surface area contributed by atoms with E-state index in [1.807, 2.05) is 36.4 Å². The average molecular weight is 721 g/mol. The maximum Gasteiger partial charge on any atom is 0.303 e. The van der Waals surface area contributed by atoms with Crippen molar-refractivity contribution in [3.8, 4) is 0 Å². The second-order valence-electron chi connectivity index (χ2n) is 13.4. The highest BCUT2D eigenvalue weighted by Crippen LogP contribution is 2.47. The van der Waals surface area contributed by atoms with E-state index in [0.29, 0.717) is 30.5 Å². The molecule has 13 nitrogen and oxygen atoms in total. The van der Waals surface area contributed by atoms with Crippen molar-refractivity contribution in [3.05, 3.63) is 113 Å². The Hall–Kier alpha value is -4.57. The Morgan fingerprint density at radius 1 is 0.904 bits per heavy atom. The molecule has 0 saturated carbocycles. The maximum atomic E-state index is 13.9. The monoisotopic (exact) mass is 720 g/mol. The molecule has 1 aliphatic rings. The summed E-state index contributed by atoms with van der Waals surface area (Å²) in [5.41, 5.74) is -0.723. The van der Waals surface area contributed by atoms with Crippen LogP contribution < -0.4 is 4.90 Å². The predicted molar refractivity (Wildman–Crippen MR) is 186 cm³/mol. The molecule has 0 aliphatic carbocycles. The van der Waals surface area contributed by atoms with Crippen LogP contribution in [0.1, 0.15) is 66.4 Å². The Balaban J connectivity index is 1.36. The van der Waals surface area contributed by atoms with Gasteiger partial charge in [-0.25, -0.2) is 9.37 Å². The van der Waals surface area contributed by atoms with E-state index in [-0.39, 0.29) is 24.8 Å². The molecule has 0 bridgehead atoms. The van der Waals surface area contributed by atoms with E-state index in [0.717, 1.165) is 28.9 Å². The molecule has 3 aromatic carbocycles. The van der Waals surface area contributed by atoms with E-state index in [9.17, 15) is 44.6 Å². The van der Waals surface area contributed by atoms with E-state index >= 15 is 0 Å².